The van der Waals surface area contributed by atoms with E-state index in [0.29, 0.717) is 17.9 Å². The molecule has 2 fully saturated rings. The minimum atomic E-state index is -0.232. The van der Waals surface area contributed by atoms with Crippen LogP contribution in [0.4, 0.5) is 11.6 Å². The fraction of sp³-hybridized carbons (Fsp3) is 0.462. The van der Waals surface area contributed by atoms with Gasteiger partial charge in [0, 0.05) is 49.5 Å². The van der Waals surface area contributed by atoms with Gasteiger partial charge in [-0.3, -0.25) is 9.59 Å². The quantitative estimate of drug-likeness (QED) is 0.642. The normalized spacial score (nSPS) is 20.5. The second kappa shape index (κ2) is 10.7. The van der Waals surface area contributed by atoms with Crippen LogP contribution in [0.3, 0.4) is 0 Å². The molecule has 1 aromatic heterocycles. The van der Waals surface area contributed by atoms with E-state index in [2.05, 4.69) is 34.1 Å². The van der Waals surface area contributed by atoms with Gasteiger partial charge in [0.1, 0.15) is 0 Å². The maximum absolute atomic E-state index is 12.8. The minimum Gasteiger partial charge on any atom is -0.369 e. The van der Waals surface area contributed by atoms with Crippen LogP contribution >= 0.6 is 0 Å². The molecule has 1 aromatic carbocycles. The van der Waals surface area contributed by atoms with Crippen molar-refractivity contribution < 1.29 is 9.59 Å². The predicted molar refractivity (Wildman–Crippen MR) is 131 cm³/mol. The van der Waals surface area contributed by atoms with Gasteiger partial charge in [0.2, 0.25) is 11.9 Å². The fourth-order valence-electron chi connectivity index (χ4n) is 4.79. The highest BCUT2D eigenvalue weighted by molar-refractivity contribution is 5.94. The van der Waals surface area contributed by atoms with Crippen LogP contribution in [0.2, 0.25) is 0 Å². The van der Waals surface area contributed by atoms with Gasteiger partial charge in [-0.2, -0.15) is 0 Å². The van der Waals surface area contributed by atoms with E-state index >= 15 is 0 Å². The number of nitrogens with two attached hydrogens (primary N) is 1. The molecule has 3 N–H and O–H groups in total. The molecule has 1 saturated heterocycles. The van der Waals surface area contributed by atoms with E-state index in [4.69, 9.17) is 10.7 Å². The van der Waals surface area contributed by atoms with Crippen LogP contribution in [0.25, 0.3) is 0 Å². The van der Waals surface area contributed by atoms with Crippen LogP contribution in [-0.4, -0.2) is 64.8 Å². The smallest absolute Gasteiger partial charge is 0.253 e. The highest BCUT2D eigenvalue weighted by Gasteiger charge is 2.32. The van der Waals surface area contributed by atoms with Crippen molar-refractivity contribution in [1.29, 1.82) is 0 Å². The van der Waals surface area contributed by atoms with Gasteiger partial charge in [0.15, 0.2) is 0 Å². The highest BCUT2D eigenvalue weighted by atomic mass is 16.2. The number of aromatic nitrogens is 2. The standard InChI is InChI=1S/C26H32N6O2/c1-3-5-20-17-28-26(30-23(20)16-19-6-4-7-22(19)24(27)33)29-21-10-8-18(9-11-21)25(34)32-14-12-31(2)13-15-32/h8-11,17,19,22H,4,6-7,12-16H2,1-2H3,(H2,27,33)(H,28,29,30)/t19-,22-/m0/s1. The Morgan fingerprint density at radius 2 is 1.88 bits per heavy atom. The van der Waals surface area contributed by atoms with Gasteiger partial charge in [-0.05, 0) is 63.4 Å². The molecule has 34 heavy (non-hydrogen) atoms. The van der Waals surface area contributed by atoms with Gasteiger partial charge >= 0.3 is 0 Å². The molecule has 0 bridgehead atoms. The summed E-state index contributed by atoms with van der Waals surface area (Å²) in [5.74, 6) is 6.35. The van der Waals surface area contributed by atoms with Crippen LogP contribution in [-0.2, 0) is 11.2 Å². The van der Waals surface area contributed by atoms with Crippen LogP contribution in [0.5, 0.6) is 0 Å². The lowest BCUT2D eigenvalue weighted by atomic mass is 9.90. The zero-order valence-electron chi connectivity index (χ0n) is 19.9. The molecule has 1 aliphatic carbocycles. The first-order valence-electron chi connectivity index (χ1n) is 11.9. The summed E-state index contributed by atoms with van der Waals surface area (Å²) >= 11 is 0. The molecular weight excluding hydrogens is 428 g/mol. The van der Waals surface area contributed by atoms with Gasteiger partial charge in [0.25, 0.3) is 5.91 Å². The lowest BCUT2D eigenvalue weighted by molar-refractivity contribution is -0.122. The van der Waals surface area contributed by atoms with E-state index in [0.717, 1.165) is 62.4 Å². The Hall–Kier alpha value is -3.44. The summed E-state index contributed by atoms with van der Waals surface area (Å²) in [6.07, 6.45) is 5.17. The van der Waals surface area contributed by atoms with Crippen LogP contribution < -0.4 is 11.1 Å². The molecule has 1 aliphatic heterocycles. The van der Waals surface area contributed by atoms with Crippen molar-refractivity contribution in [2.45, 2.75) is 32.6 Å². The van der Waals surface area contributed by atoms with Gasteiger partial charge in [-0.1, -0.05) is 12.3 Å². The number of benzene rings is 1. The third-order valence-corrected chi connectivity index (χ3v) is 6.79. The Labute approximate surface area is 200 Å². The molecule has 1 saturated carbocycles. The monoisotopic (exact) mass is 460 g/mol. The van der Waals surface area contributed by atoms with Crippen LogP contribution in [0.1, 0.15) is 47.8 Å². The summed E-state index contributed by atoms with van der Waals surface area (Å²) in [7, 11) is 2.07. The number of likely N-dealkylation sites (N-methyl/N-ethyl adjacent to an activating group) is 1. The Morgan fingerprint density at radius 3 is 2.56 bits per heavy atom. The van der Waals surface area contributed by atoms with Crippen molar-refractivity contribution in [2.24, 2.45) is 17.6 Å². The van der Waals surface area contributed by atoms with Crippen molar-refractivity contribution in [3.05, 3.63) is 47.3 Å². The van der Waals surface area contributed by atoms with Gasteiger partial charge < -0.3 is 20.9 Å². The Bertz CT molecular complexity index is 1100. The van der Waals surface area contributed by atoms with Gasteiger partial charge in [-0.25, -0.2) is 9.97 Å². The third-order valence-electron chi connectivity index (χ3n) is 6.79. The van der Waals surface area contributed by atoms with Crippen molar-refractivity contribution in [3.8, 4) is 11.8 Å². The number of nitrogens with zero attached hydrogens (tertiary/aromatic N) is 4. The molecular formula is C26H32N6O2. The maximum Gasteiger partial charge on any atom is 0.253 e. The first kappa shape index (κ1) is 23.7. The number of hydrogen-bond donors (Lipinski definition) is 2. The van der Waals surface area contributed by atoms with E-state index in [1.807, 2.05) is 29.2 Å². The Morgan fingerprint density at radius 1 is 1.15 bits per heavy atom. The molecule has 0 unspecified atom stereocenters. The second-order valence-corrected chi connectivity index (χ2v) is 9.13. The van der Waals surface area contributed by atoms with E-state index in [1.165, 1.54) is 0 Å². The minimum absolute atomic E-state index is 0.0567. The Balaban J connectivity index is 1.47. The molecule has 0 spiro atoms. The highest BCUT2D eigenvalue weighted by Crippen LogP contribution is 2.34. The van der Waals surface area contributed by atoms with Gasteiger partial charge in [-0.15, -0.1) is 5.92 Å². The van der Waals surface area contributed by atoms with Crippen LogP contribution in [0, 0.1) is 23.7 Å². The number of carbonyl (C=O) groups excluding carboxylic acids is 2. The molecule has 178 valence electrons. The summed E-state index contributed by atoms with van der Waals surface area (Å²) in [5, 5.41) is 3.23. The average Bonchev–Trinajstić information content (AvgIpc) is 3.30. The second-order valence-electron chi connectivity index (χ2n) is 9.13. The maximum atomic E-state index is 12.8. The molecule has 8 nitrogen and oxygen atoms in total. The number of primary amides is 1. The summed E-state index contributed by atoms with van der Waals surface area (Å²) in [6, 6.07) is 7.39. The number of hydrogen-bond acceptors (Lipinski definition) is 6. The largest absolute Gasteiger partial charge is 0.369 e. The first-order valence-corrected chi connectivity index (χ1v) is 11.9. The molecule has 2 atom stereocenters. The summed E-state index contributed by atoms with van der Waals surface area (Å²) in [5.41, 5.74) is 8.68. The summed E-state index contributed by atoms with van der Waals surface area (Å²) in [6.45, 7) is 5.06. The molecule has 2 aliphatic rings. The summed E-state index contributed by atoms with van der Waals surface area (Å²) < 4.78 is 0. The van der Waals surface area contributed by atoms with Crippen molar-refractivity contribution in [3.63, 3.8) is 0 Å². The molecule has 2 aromatic rings. The van der Waals surface area contributed by atoms with Crippen molar-refractivity contribution in [2.75, 3.05) is 38.5 Å². The number of rotatable bonds is 6. The van der Waals surface area contributed by atoms with Crippen LogP contribution in [0.15, 0.2) is 30.5 Å². The molecule has 0 radical (unpaired) electrons. The van der Waals surface area contributed by atoms with E-state index in [1.54, 1.807) is 13.1 Å². The molecule has 2 heterocycles. The fourth-order valence-corrected chi connectivity index (χ4v) is 4.79. The van der Waals surface area contributed by atoms with E-state index < -0.39 is 0 Å². The number of piperazine rings is 1. The predicted octanol–water partition coefficient (Wildman–Crippen LogP) is 2.42. The molecule has 4 rings (SSSR count). The van der Waals surface area contributed by atoms with Crippen molar-refractivity contribution >= 4 is 23.5 Å². The zero-order chi connectivity index (χ0) is 24.1. The van der Waals surface area contributed by atoms with Crippen molar-refractivity contribution in [1.82, 2.24) is 19.8 Å². The number of anilines is 2. The zero-order valence-corrected chi connectivity index (χ0v) is 19.9. The SMILES string of the molecule is CC#Cc1cnc(Nc2ccc(C(=O)N3CCN(C)CC3)cc2)nc1C[C@@H]1CCC[C@@H]1C(N)=O. The average molecular weight is 461 g/mol. The number of carbonyl (C=O) groups is 2. The topological polar surface area (TPSA) is 104 Å². The summed E-state index contributed by atoms with van der Waals surface area (Å²) in [4.78, 5) is 37.9. The van der Waals surface area contributed by atoms with Gasteiger partial charge in [0.05, 0.1) is 11.3 Å². The van der Waals surface area contributed by atoms with E-state index in [-0.39, 0.29) is 23.7 Å². The third kappa shape index (κ3) is 5.54. The molecule has 8 heteroatoms. The number of nitrogens with one attached hydrogen (secondary N) is 1. The molecule has 2 amide bonds. The first-order chi connectivity index (χ1) is 16.4. The Kier molecular flexibility index (Phi) is 7.43. The number of amides is 2. The lowest BCUT2D eigenvalue weighted by Crippen LogP contribution is -2.47. The lowest BCUT2D eigenvalue weighted by Gasteiger charge is -2.32. The van der Waals surface area contributed by atoms with E-state index in [9.17, 15) is 9.59 Å².